The fourth-order valence-corrected chi connectivity index (χ4v) is 3.71. The van der Waals surface area contributed by atoms with Crippen LogP contribution in [0.15, 0.2) is 18.2 Å². The van der Waals surface area contributed by atoms with Gasteiger partial charge >= 0.3 is 0 Å². The van der Waals surface area contributed by atoms with Crippen LogP contribution in [-0.2, 0) is 9.59 Å². The highest BCUT2D eigenvalue weighted by atomic mass is 35.5. The minimum Gasteiger partial charge on any atom is -0.342 e. The van der Waals surface area contributed by atoms with Gasteiger partial charge in [-0.15, -0.1) is 0 Å². The summed E-state index contributed by atoms with van der Waals surface area (Å²) < 4.78 is 0. The molecule has 1 aromatic carbocycles. The molecular weight excluding hydrogens is 337 g/mol. The average molecular weight is 356 g/mol. The molecule has 5 nitrogen and oxygen atoms in total. The first-order valence-corrected chi connectivity index (χ1v) is 8.50. The van der Waals surface area contributed by atoms with Crippen LogP contribution in [0.2, 0.25) is 10.0 Å². The number of carbonyl (C=O) groups is 2. The highest BCUT2D eigenvalue weighted by Gasteiger charge is 2.38. The van der Waals surface area contributed by atoms with Gasteiger partial charge in [-0.25, -0.2) is 0 Å². The van der Waals surface area contributed by atoms with Crippen LogP contribution in [0.1, 0.15) is 19.3 Å². The van der Waals surface area contributed by atoms with Crippen LogP contribution in [0.25, 0.3) is 0 Å². The Morgan fingerprint density at radius 1 is 1.13 bits per heavy atom. The summed E-state index contributed by atoms with van der Waals surface area (Å²) in [5, 5.41) is 0.945. The van der Waals surface area contributed by atoms with Crippen molar-refractivity contribution in [3.05, 3.63) is 28.2 Å². The number of piperidine rings is 1. The van der Waals surface area contributed by atoms with E-state index in [4.69, 9.17) is 28.9 Å². The number of likely N-dealkylation sites (tertiary alicyclic amines) is 1. The number of amides is 2. The van der Waals surface area contributed by atoms with Crippen LogP contribution >= 0.6 is 23.2 Å². The topological polar surface area (TPSA) is 66.6 Å². The molecule has 2 aliphatic rings. The van der Waals surface area contributed by atoms with Gasteiger partial charge < -0.3 is 15.5 Å². The molecule has 0 bridgehead atoms. The Morgan fingerprint density at radius 2 is 1.74 bits per heavy atom. The Balaban J connectivity index is 1.70. The number of hydrogen-bond donors (Lipinski definition) is 1. The molecule has 1 unspecified atom stereocenters. The molecule has 2 saturated heterocycles. The molecule has 1 atom stereocenters. The van der Waals surface area contributed by atoms with Crippen molar-refractivity contribution in [3.8, 4) is 0 Å². The summed E-state index contributed by atoms with van der Waals surface area (Å²) >= 11 is 12.0. The number of hydrogen-bond acceptors (Lipinski definition) is 3. The summed E-state index contributed by atoms with van der Waals surface area (Å²) in [4.78, 5) is 28.3. The molecule has 2 fully saturated rings. The van der Waals surface area contributed by atoms with Crippen LogP contribution in [-0.4, -0.2) is 42.4 Å². The summed E-state index contributed by atoms with van der Waals surface area (Å²) in [7, 11) is 0. The van der Waals surface area contributed by atoms with Crippen LogP contribution in [0, 0.1) is 5.92 Å². The van der Waals surface area contributed by atoms with Crippen molar-refractivity contribution in [2.24, 2.45) is 11.7 Å². The summed E-state index contributed by atoms with van der Waals surface area (Å²) in [5.74, 6) is -0.342. The van der Waals surface area contributed by atoms with Crippen LogP contribution < -0.4 is 10.6 Å². The second-order valence-electron chi connectivity index (χ2n) is 6.20. The number of anilines is 1. The Hall–Kier alpha value is -1.30. The van der Waals surface area contributed by atoms with Crippen LogP contribution in [0.4, 0.5) is 5.69 Å². The SMILES string of the molecule is NC1CCN(C(=O)C2CC(=O)N(c3cc(Cl)cc(Cl)c3)C2)CC1. The minimum absolute atomic E-state index is 0.0425. The Kier molecular flexibility index (Phi) is 4.80. The summed E-state index contributed by atoms with van der Waals surface area (Å²) in [5.41, 5.74) is 6.52. The van der Waals surface area contributed by atoms with Crippen LogP contribution in [0.3, 0.4) is 0 Å². The third kappa shape index (κ3) is 3.62. The van der Waals surface area contributed by atoms with E-state index in [0.29, 0.717) is 35.4 Å². The molecule has 0 saturated carbocycles. The van der Waals surface area contributed by atoms with E-state index in [1.165, 1.54) is 0 Å². The number of nitrogens with zero attached hydrogens (tertiary/aromatic N) is 2. The van der Waals surface area contributed by atoms with Gasteiger partial charge in [-0.05, 0) is 31.0 Å². The normalized spacial score (nSPS) is 22.7. The van der Waals surface area contributed by atoms with E-state index >= 15 is 0 Å². The molecule has 7 heteroatoms. The van der Waals surface area contributed by atoms with Gasteiger partial charge in [0.1, 0.15) is 0 Å². The Labute approximate surface area is 145 Å². The van der Waals surface area contributed by atoms with Gasteiger partial charge in [-0.1, -0.05) is 23.2 Å². The maximum absolute atomic E-state index is 12.6. The standard InChI is InChI=1S/C16H19Cl2N3O2/c17-11-6-12(18)8-14(7-11)21-9-10(5-15(21)22)16(23)20-3-1-13(19)2-4-20/h6-8,10,13H,1-5,9,19H2. The van der Waals surface area contributed by atoms with Gasteiger partial charge in [0, 0.05) is 47.8 Å². The number of rotatable bonds is 2. The fraction of sp³-hybridized carbons (Fsp3) is 0.500. The summed E-state index contributed by atoms with van der Waals surface area (Å²) in [6.45, 7) is 1.72. The predicted molar refractivity (Wildman–Crippen MR) is 90.7 cm³/mol. The molecule has 1 aromatic rings. The monoisotopic (exact) mass is 355 g/mol. The van der Waals surface area contributed by atoms with Gasteiger partial charge in [-0.3, -0.25) is 9.59 Å². The minimum atomic E-state index is -0.311. The van der Waals surface area contributed by atoms with E-state index < -0.39 is 0 Å². The molecule has 0 spiro atoms. The van der Waals surface area contributed by atoms with Crippen molar-refractivity contribution < 1.29 is 9.59 Å². The van der Waals surface area contributed by atoms with Gasteiger partial charge in [0.05, 0.1) is 5.92 Å². The van der Waals surface area contributed by atoms with E-state index in [2.05, 4.69) is 0 Å². The zero-order valence-corrected chi connectivity index (χ0v) is 14.2. The van der Waals surface area contributed by atoms with Gasteiger partial charge in [0.25, 0.3) is 0 Å². The van der Waals surface area contributed by atoms with Gasteiger partial charge in [-0.2, -0.15) is 0 Å². The van der Waals surface area contributed by atoms with Gasteiger partial charge in [0.2, 0.25) is 11.8 Å². The fourth-order valence-electron chi connectivity index (χ4n) is 3.20. The number of halogens is 2. The molecule has 0 radical (unpaired) electrons. The third-order valence-electron chi connectivity index (χ3n) is 4.48. The lowest BCUT2D eigenvalue weighted by atomic mass is 10.0. The Bertz CT molecular complexity index is 610. The second kappa shape index (κ2) is 6.67. The zero-order valence-electron chi connectivity index (χ0n) is 12.7. The quantitative estimate of drug-likeness (QED) is 0.884. The smallest absolute Gasteiger partial charge is 0.228 e. The van der Waals surface area contributed by atoms with Crippen molar-refractivity contribution in [2.45, 2.75) is 25.3 Å². The van der Waals surface area contributed by atoms with Gasteiger partial charge in [0.15, 0.2) is 0 Å². The van der Waals surface area contributed by atoms with Crippen molar-refractivity contribution in [1.82, 2.24) is 4.90 Å². The number of carbonyl (C=O) groups excluding carboxylic acids is 2. The van der Waals surface area contributed by atoms with Crippen LogP contribution in [0.5, 0.6) is 0 Å². The van der Waals surface area contributed by atoms with E-state index in [-0.39, 0.29) is 30.2 Å². The molecule has 2 N–H and O–H groups in total. The molecule has 0 aliphatic carbocycles. The molecule has 2 heterocycles. The summed E-state index contributed by atoms with van der Waals surface area (Å²) in [6, 6.07) is 5.18. The first kappa shape index (κ1) is 16.6. The Morgan fingerprint density at radius 3 is 2.35 bits per heavy atom. The predicted octanol–water partition coefficient (Wildman–Crippen LogP) is 2.30. The van der Waals surface area contributed by atoms with Crippen molar-refractivity contribution in [3.63, 3.8) is 0 Å². The average Bonchev–Trinajstić information content (AvgIpc) is 2.88. The first-order chi connectivity index (χ1) is 10.9. The van der Waals surface area contributed by atoms with Crippen molar-refractivity contribution in [1.29, 1.82) is 0 Å². The highest BCUT2D eigenvalue weighted by molar-refractivity contribution is 6.35. The first-order valence-electron chi connectivity index (χ1n) is 7.75. The lowest BCUT2D eigenvalue weighted by Gasteiger charge is -2.31. The second-order valence-corrected chi connectivity index (χ2v) is 7.07. The van der Waals surface area contributed by atoms with E-state index in [9.17, 15) is 9.59 Å². The maximum atomic E-state index is 12.6. The molecule has 2 aliphatic heterocycles. The number of benzene rings is 1. The van der Waals surface area contributed by atoms with E-state index in [1.807, 2.05) is 4.90 Å². The molecule has 0 aromatic heterocycles. The van der Waals surface area contributed by atoms with E-state index in [0.717, 1.165) is 12.8 Å². The maximum Gasteiger partial charge on any atom is 0.228 e. The molecule has 2 amide bonds. The molecule has 23 heavy (non-hydrogen) atoms. The molecular formula is C16H19Cl2N3O2. The molecule has 124 valence electrons. The summed E-state index contributed by atoms with van der Waals surface area (Å²) in [6.07, 6.45) is 1.87. The lowest BCUT2D eigenvalue weighted by molar-refractivity contribution is -0.136. The largest absolute Gasteiger partial charge is 0.342 e. The van der Waals surface area contributed by atoms with Crippen molar-refractivity contribution >= 4 is 40.7 Å². The third-order valence-corrected chi connectivity index (χ3v) is 4.92. The number of nitrogens with two attached hydrogens (primary N) is 1. The lowest BCUT2D eigenvalue weighted by Crippen LogP contribution is -2.45. The highest BCUT2D eigenvalue weighted by Crippen LogP contribution is 2.31. The van der Waals surface area contributed by atoms with E-state index in [1.54, 1.807) is 23.1 Å². The molecule has 3 rings (SSSR count). The van der Waals surface area contributed by atoms with Crippen molar-refractivity contribution in [2.75, 3.05) is 24.5 Å². The zero-order chi connectivity index (χ0) is 16.6.